The summed E-state index contributed by atoms with van der Waals surface area (Å²) >= 11 is 0. The van der Waals surface area contributed by atoms with Crippen LogP contribution in [0.5, 0.6) is 0 Å². The molecule has 1 aromatic rings. The molecule has 0 aromatic heterocycles. The molecule has 1 aliphatic rings. The number of aliphatic imine (C=N–C) groups is 1. The van der Waals surface area contributed by atoms with Crippen molar-refractivity contribution < 1.29 is 30.8 Å². The van der Waals surface area contributed by atoms with E-state index in [1.165, 1.54) is 29.3 Å². The summed E-state index contributed by atoms with van der Waals surface area (Å²) < 4.78 is 79.3. The number of benzene rings is 1. The Morgan fingerprint density at radius 2 is 2.00 bits per heavy atom. The second kappa shape index (κ2) is 14.4. The van der Waals surface area contributed by atoms with Crippen LogP contribution in [0.15, 0.2) is 64.8 Å². The third-order valence-corrected chi connectivity index (χ3v) is 6.96. The average molecular weight is 584 g/mol. The van der Waals surface area contributed by atoms with Crippen molar-refractivity contribution in [3.8, 4) is 0 Å². The highest BCUT2D eigenvalue weighted by Crippen LogP contribution is 2.45. The molecule has 1 aromatic carbocycles. The summed E-state index contributed by atoms with van der Waals surface area (Å²) in [4.78, 5) is 18.6. The van der Waals surface area contributed by atoms with E-state index in [1.807, 2.05) is 6.92 Å². The van der Waals surface area contributed by atoms with E-state index in [4.69, 9.17) is 0 Å². The Labute approximate surface area is 234 Å². The van der Waals surface area contributed by atoms with Crippen LogP contribution < -0.4 is 5.32 Å². The normalized spacial score (nSPS) is 20.3. The number of unbranched alkanes of at least 4 members (excludes halogenated alkanes) is 1. The number of sulfone groups is 1. The summed E-state index contributed by atoms with van der Waals surface area (Å²) in [5.74, 6) is -2.82. The van der Waals surface area contributed by atoms with E-state index in [0.29, 0.717) is 12.1 Å². The van der Waals surface area contributed by atoms with Crippen LogP contribution in [0.4, 0.5) is 17.6 Å². The zero-order valence-electron chi connectivity index (χ0n) is 23.4. The molecule has 0 saturated carbocycles. The van der Waals surface area contributed by atoms with E-state index in [-0.39, 0.29) is 29.8 Å². The summed E-state index contributed by atoms with van der Waals surface area (Å²) in [5.41, 5.74) is 0.782. The fourth-order valence-electron chi connectivity index (χ4n) is 4.26. The third kappa shape index (κ3) is 9.76. The van der Waals surface area contributed by atoms with Crippen molar-refractivity contribution in [1.29, 1.82) is 0 Å². The number of hydrogen-bond donors (Lipinski definition) is 1. The number of likely N-dealkylation sites (tertiary alicyclic amines) is 1. The van der Waals surface area contributed by atoms with Gasteiger partial charge in [-0.15, -0.1) is 0 Å². The fourth-order valence-corrected chi connectivity index (χ4v) is 4.78. The van der Waals surface area contributed by atoms with E-state index in [0.717, 1.165) is 18.1 Å². The van der Waals surface area contributed by atoms with Crippen molar-refractivity contribution in [3.63, 3.8) is 0 Å². The number of allylic oxidation sites excluding steroid dienone is 3. The van der Waals surface area contributed by atoms with Gasteiger partial charge in [-0.25, -0.2) is 17.8 Å². The van der Waals surface area contributed by atoms with Gasteiger partial charge in [0.1, 0.15) is 11.5 Å². The van der Waals surface area contributed by atoms with Gasteiger partial charge in [-0.2, -0.15) is 13.2 Å². The highest BCUT2D eigenvalue weighted by Gasteiger charge is 2.48. The lowest BCUT2D eigenvalue weighted by molar-refractivity contribution is -0.170. The molecule has 2 rings (SSSR count). The highest BCUT2D eigenvalue weighted by molar-refractivity contribution is 7.93. The Kier molecular flexibility index (Phi) is 11.9. The molecule has 1 amide bonds. The molecule has 1 fully saturated rings. The topological polar surface area (TPSA) is 78.8 Å². The van der Waals surface area contributed by atoms with E-state index in [2.05, 4.69) is 10.3 Å². The molecule has 3 atom stereocenters. The molecule has 1 heterocycles. The van der Waals surface area contributed by atoms with Gasteiger partial charge in [0.25, 0.3) is 5.91 Å². The van der Waals surface area contributed by atoms with E-state index in [1.54, 1.807) is 51.1 Å². The molecule has 6 nitrogen and oxygen atoms in total. The summed E-state index contributed by atoms with van der Waals surface area (Å²) in [6.07, 6.45) is 6.85. The van der Waals surface area contributed by atoms with Crippen molar-refractivity contribution in [2.45, 2.75) is 65.2 Å². The molecular formula is C29H37F4N3O3S. The van der Waals surface area contributed by atoms with Crippen LogP contribution in [-0.2, 0) is 14.6 Å². The van der Waals surface area contributed by atoms with Gasteiger partial charge >= 0.3 is 6.18 Å². The molecule has 1 N–H and O–H groups in total. The number of nitrogens with one attached hydrogen (secondary N) is 1. The summed E-state index contributed by atoms with van der Waals surface area (Å²) in [6, 6.07) is 3.17. The van der Waals surface area contributed by atoms with Gasteiger partial charge in [0.15, 0.2) is 9.84 Å². The van der Waals surface area contributed by atoms with Crippen molar-refractivity contribution in [3.05, 3.63) is 76.8 Å². The molecule has 0 aliphatic carbocycles. The Bertz CT molecular complexity index is 1300. The highest BCUT2D eigenvalue weighted by atomic mass is 32.2. The maximum absolute atomic E-state index is 15.3. The number of halogens is 4. The molecule has 0 bridgehead atoms. The number of hydrogen-bond acceptors (Lipinski definition) is 5. The molecule has 1 saturated heterocycles. The largest absolute Gasteiger partial charge is 0.393 e. The maximum Gasteiger partial charge on any atom is 0.393 e. The molecule has 0 radical (unpaired) electrons. The first kappa shape index (κ1) is 33.0. The molecule has 0 unspecified atom stereocenters. The Morgan fingerprint density at radius 3 is 2.60 bits per heavy atom. The molecule has 11 heteroatoms. The number of alkyl halides is 3. The van der Waals surface area contributed by atoms with E-state index >= 15 is 4.39 Å². The third-order valence-electron chi connectivity index (χ3n) is 6.31. The minimum absolute atomic E-state index is 0.00298. The first-order valence-electron chi connectivity index (χ1n) is 13.0. The van der Waals surface area contributed by atoms with Crippen LogP contribution in [0, 0.1) is 11.7 Å². The van der Waals surface area contributed by atoms with Crippen LogP contribution in [0.2, 0.25) is 0 Å². The summed E-state index contributed by atoms with van der Waals surface area (Å²) in [5, 5.41) is 3.63. The minimum Gasteiger partial charge on any atom is -0.366 e. The van der Waals surface area contributed by atoms with Crippen molar-refractivity contribution in [2.75, 3.05) is 12.8 Å². The first-order chi connectivity index (χ1) is 18.7. The zero-order valence-corrected chi connectivity index (χ0v) is 24.2. The molecule has 0 spiro atoms. The van der Waals surface area contributed by atoms with Gasteiger partial charge in [-0.3, -0.25) is 4.79 Å². The monoisotopic (exact) mass is 583 g/mol. The minimum atomic E-state index is -4.46. The number of amides is 1. The predicted octanol–water partition coefficient (Wildman–Crippen LogP) is 6.51. The Balaban J connectivity index is 2.45. The molecule has 220 valence electrons. The number of rotatable bonds is 11. The van der Waals surface area contributed by atoms with Gasteiger partial charge < -0.3 is 10.2 Å². The number of carbonyl (C=O) groups excluding carboxylic acids is 1. The molecule has 1 aliphatic heterocycles. The number of carbonyl (C=O) groups is 1. The van der Waals surface area contributed by atoms with Gasteiger partial charge in [0.05, 0.1) is 12.0 Å². The lowest BCUT2D eigenvalue weighted by Crippen LogP contribution is -2.36. The van der Waals surface area contributed by atoms with E-state index in [9.17, 15) is 26.4 Å². The maximum atomic E-state index is 15.3. The lowest BCUT2D eigenvalue weighted by atomic mass is 9.97. The second-order valence-corrected chi connectivity index (χ2v) is 11.7. The van der Waals surface area contributed by atoms with Crippen molar-refractivity contribution >= 4 is 27.5 Å². The zero-order chi connectivity index (χ0) is 30.1. The standard InChI is InChI=1S/C29H37F4N3O3S/c1-6-8-9-14-25(28(37)35-20(3)15-16-40(5,38)39)34-18-21(4)36-19-23(29(31,32)33)17-26(36)24-13-10-12-22(11-7-2)27(24)30/h7,9-16,18,20,23,26H,6,8,17,19H2,1-5H3,(H,35,37)/b11-7+,14-9+,16-15+,21-18+,34-25-/t20-,23-,26-/m1/s1. The Morgan fingerprint density at radius 1 is 1.30 bits per heavy atom. The first-order valence-corrected chi connectivity index (χ1v) is 15.0. The van der Waals surface area contributed by atoms with Gasteiger partial charge in [0, 0.05) is 47.3 Å². The van der Waals surface area contributed by atoms with Crippen LogP contribution in [0.1, 0.15) is 64.1 Å². The van der Waals surface area contributed by atoms with Gasteiger partial charge in [-0.1, -0.05) is 55.8 Å². The van der Waals surface area contributed by atoms with Gasteiger partial charge in [-0.05, 0) is 39.7 Å². The van der Waals surface area contributed by atoms with Crippen LogP contribution in [-0.4, -0.2) is 50.0 Å². The van der Waals surface area contributed by atoms with Crippen molar-refractivity contribution in [1.82, 2.24) is 10.2 Å². The van der Waals surface area contributed by atoms with Crippen molar-refractivity contribution in [2.24, 2.45) is 10.9 Å². The van der Waals surface area contributed by atoms with Crippen LogP contribution in [0.3, 0.4) is 0 Å². The predicted molar refractivity (Wildman–Crippen MR) is 152 cm³/mol. The smallest absolute Gasteiger partial charge is 0.366 e. The number of nitrogens with zero attached hydrogens (tertiary/aromatic N) is 2. The lowest BCUT2D eigenvalue weighted by Gasteiger charge is -2.28. The van der Waals surface area contributed by atoms with Gasteiger partial charge in [0.2, 0.25) is 0 Å². The summed E-state index contributed by atoms with van der Waals surface area (Å²) in [6.45, 7) is 6.48. The van der Waals surface area contributed by atoms with E-state index < -0.39 is 45.7 Å². The molecular weight excluding hydrogens is 546 g/mol. The summed E-state index contributed by atoms with van der Waals surface area (Å²) in [7, 11) is -3.38. The quantitative estimate of drug-likeness (QED) is 0.238. The SMILES string of the molecule is C/C=C/c1cccc([C@H]2C[C@@H](C(F)(F)F)CN2/C(C)=C/N=C(/C=C/CCC)C(=O)N[C@H](C)/C=C/S(C)(=O)=O)c1F. The van der Waals surface area contributed by atoms with Crippen LogP contribution in [0.25, 0.3) is 6.08 Å². The second-order valence-electron chi connectivity index (χ2n) is 9.79. The fraction of sp³-hybridized carbons (Fsp3) is 0.448. The van der Waals surface area contributed by atoms with Crippen LogP contribution >= 0.6 is 0 Å². The molecule has 40 heavy (non-hydrogen) atoms. The average Bonchev–Trinajstić information content (AvgIpc) is 3.32. The Hall–Kier alpha value is -3.21.